The quantitative estimate of drug-likeness (QED) is 0.339. The number of hydrogen-bond donors (Lipinski definition) is 2. The van der Waals surface area contributed by atoms with Gasteiger partial charge in [0, 0.05) is 12.6 Å². The molecule has 1 aliphatic rings. The van der Waals surface area contributed by atoms with Crippen LogP contribution in [0.3, 0.4) is 0 Å². The molecule has 38 heavy (non-hydrogen) atoms. The van der Waals surface area contributed by atoms with E-state index in [-0.39, 0.29) is 39.7 Å². The molecule has 0 spiro atoms. The van der Waals surface area contributed by atoms with Crippen molar-refractivity contribution in [3.8, 4) is 5.75 Å². The second-order valence-corrected chi connectivity index (χ2v) is 7.93. The van der Waals surface area contributed by atoms with Gasteiger partial charge in [-0.1, -0.05) is 12.1 Å². The second kappa shape index (κ2) is 10.9. The van der Waals surface area contributed by atoms with Gasteiger partial charge in [0.1, 0.15) is 5.75 Å². The number of ether oxygens (including phenoxy) is 2. The van der Waals surface area contributed by atoms with Crippen molar-refractivity contribution in [3.05, 3.63) is 83.4 Å². The summed E-state index contributed by atoms with van der Waals surface area (Å²) in [5, 5.41) is 4.89. The topological polar surface area (TPSA) is 131 Å². The minimum absolute atomic E-state index is 0.0297. The largest absolute Gasteiger partial charge is 0.452 e. The lowest BCUT2D eigenvalue weighted by atomic mass is 10.1. The number of imide groups is 1. The van der Waals surface area contributed by atoms with E-state index in [1.54, 1.807) is 0 Å². The van der Waals surface area contributed by atoms with Gasteiger partial charge in [-0.25, -0.2) is 9.69 Å². The van der Waals surface area contributed by atoms with E-state index in [4.69, 9.17) is 4.74 Å². The third-order valence-corrected chi connectivity index (χ3v) is 5.28. The summed E-state index contributed by atoms with van der Waals surface area (Å²) in [6, 6.07) is 15.3. The summed E-state index contributed by atoms with van der Waals surface area (Å²) in [4.78, 5) is 62.6. The van der Waals surface area contributed by atoms with Crippen molar-refractivity contribution in [2.24, 2.45) is 0 Å². The first-order valence-electron chi connectivity index (χ1n) is 11.1. The van der Waals surface area contributed by atoms with Crippen molar-refractivity contribution < 1.29 is 42.2 Å². The maximum absolute atomic E-state index is 13.0. The van der Waals surface area contributed by atoms with E-state index in [1.807, 2.05) is 0 Å². The third-order valence-electron chi connectivity index (χ3n) is 5.28. The Hall–Kier alpha value is -5.13. The highest BCUT2D eigenvalue weighted by atomic mass is 19.3. The average Bonchev–Trinajstić information content (AvgIpc) is 3.13. The molecule has 4 rings (SSSR count). The summed E-state index contributed by atoms with van der Waals surface area (Å²) in [6.07, 6.45) is 0. The number of nitrogens with zero attached hydrogens (tertiary/aromatic N) is 1. The smallest absolute Gasteiger partial charge is 0.387 e. The van der Waals surface area contributed by atoms with Crippen LogP contribution in [0, 0.1) is 0 Å². The van der Waals surface area contributed by atoms with E-state index in [0.717, 1.165) is 4.90 Å². The molecule has 0 fully saturated rings. The lowest BCUT2D eigenvalue weighted by Crippen LogP contribution is -2.29. The van der Waals surface area contributed by atoms with Crippen molar-refractivity contribution in [1.29, 1.82) is 0 Å². The predicted octanol–water partition coefficient (Wildman–Crippen LogP) is 3.84. The molecule has 0 atom stereocenters. The molecule has 0 saturated heterocycles. The number of fused-ring (bicyclic) bond motifs is 1. The molecule has 0 saturated carbocycles. The van der Waals surface area contributed by atoms with Crippen LogP contribution in [0.5, 0.6) is 5.75 Å². The summed E-state index contributed by atoms with van der Waals surface area (Å²) < 4.78 is 34.4. The van der Waals surface area contributed by atoms with Gasteiger partial charge >= 0.3 is 12.6 Å². The van der Waals surface area contributed by atoms with Crippen LogP contribution in [0.1, 0.15) is 38.0 Å². The average molecular weight is 523 g/mol. The van der Waals surface area contributed by atoms with Crippen molar-refractivity contribution in [2.45, 2.75) is 13.5 Å². The van der Waals surface area contributed by atoms with Gasteiger partial charge < -0.3 is 20.1 Å². The molecule has 0 aliphatic carbocycles. The summed E-state index contributed by atoms with van der Waals surface area (Å²) in [7, 11) is 0. The second-order valence-electron chi connectivity index (χ2n) is 7.93. The highest BCUT2D eigenvalue weighted by Crippen LogP contribution is 2.30. The molecule has 0 radical (unpaired) electrons. The SMILES string of the molecule is CC(=O)Nc1ccc(N2C(=O)c3ccc(C(=O)OCC(=O)Nc4ccccc4OC(F)F)cc3C2=O)cc1. The Morgan fingerprint density at radius 3 is 2.26 bits per heavy atom. The number of hydrogen-bond acceptors (Lipinski definition) is 7. The van der Waals surface area contributed by atoms with Crippen LogP contribution >= 0.6 is 0 Å². The molecule has 194 valence electrons. The first-order chi connectivity index (χ1) is 18.1. The zero-order chi connectivity index (χ0) is 27.4. The van der Waals surface area contributed by atoms with E-state index in [1.165, 1.54) is 73.7 Å². The van der Waals surface area contributed by atoms with Crippen LogP contribution in [-0.2, 0) is 14.3 Å². The number of para-hydroxylation sites is 2. The Morgan fingerprint density at radius 1 is 0.895 bits per heavy atom. The van der Waals surface area contributed by atoms with E-state index in [2.05, 4.69) is 15.4 Å². The standard InChI is InChI=1S/C26H19F2N3O7/c1-14(32)29-16-7-9-17(10-8-16)31-23(34)18-11-6-15(12-19(18)24(31)35)25(36)37-13-22(33)30-20-4-2-3-5-21(20)38-26(27)28/h2-12,26H,13H2,1H3,(H,29,32)(H,30,33). The van der Waals surface area contributed by atoms with Crippen LogP contribution in [0.15, 0.2) is 66.7 Å². The van der Waals surface area contributed by atoms with E-state index in [9.17, 15) is 32.8 Å². The summed E-state index contributed by atoms with van der Waals surface area (Å²) in [5.41, 5.74) is 0.672. The van der Waals surface area contributed by atoms with Gasteiger partial charge in [0.05, 0.1) is 28.1 Å². The lowest BCUT2D eigenvalue weighted by Gasteiger charge is -2.14. The fourth-order valence-corrected chi connectivity index (χ4v) is 3.67. The minimum Gasteiger partial charge on any atom is -0.452 e. The highest BCUT2D eigenvalue weighted by molar-refractivity contribution is 6.34. The molecule has 10 nitrogen and oxygen atoms in total. The first-order valence-corrected chi connectivity index (χ1v) is 11.1. The number of esters is 1. The van der Waals surface area contributed by atoms with Gasteiger partial charge in [0.2, 0.25) is 5.91 Å². The number of amides is 4. The molecule has 0 bridgehead atoms. The highest BCUT2D eigenvalue weighted by Gasteiger charge is 2.37. The number of anilines is 3. The number of alkyl halides is 2. The third kappa shape index (κ3) is 5.64. The summed E-state index contributed by atoms with van der Waals surface area (Å²) >= 11 is 0. The van der Waals surface area contributed by atoms with Crippen LogP contribution in [-0.4, -0.2) is 42.8 Å². The molecular formula is C26H19F2N3O7. The van der Waals surface area contributed by atoms with Crippen LogP contribution in [0.4, 0.5) is 25.8 Å². The fraction of sp³-hybridized carbons (Fsp3) is 0.115. The number of nitrogens with one attached hydrogen (secondary N) is 2. The molecule has 2 N–H and O–H groups in total. The zero-order valence-corrected chi connectivity index (χ0v) is 19.7. The number of rotatable bonds is 8. The first kappa shape index (κ1) is 25.9. The normalized spacial score (nSPS) is 12.3. The Labute approximate surface area is 214 Å². The molecule has 4 amide bonds. The van der Waals surface area contributed by atoms with Gasteiger partial charge in [-0.15, -0.1) is 0 Å². The van der Waals surface area contributed by atoms with Crippen LogP contribution < -0.4 is 20.3 Å². The fourth-order valence-electron chi connectivity index (χ4n) is 3.67. The minimum atomic E-state index is -3.10. The Balaban J connectivity index is 1.42. The molecular weight excluding hydrogens is 504 g/mol. The van der Waals surface area contributed by atoms with Crippen molar-refractivity contribution in [1.82, 2.24) is 0 Å². The van der Waals surface area contributed by atoms with E-state index < -0.39 is 36.9 Å². The maximum atomic E-state index is 13.0. The molecule has 1 aliphatic heterocycles. The molecule has 1 heterocycles. The van der Waals surface area contributed by atoms with Crippen molar-refractivity contribution in [2.75, 3.05) is 22.1 Å². The molecule has 3 aromatic rings. The van der Waals surface area contributed by atoms with Gasteiger partial charge in [-0.05, 0) is 54.6 Å². The van der Waals surface area contributed by atoms with Crippen LogP contribution in [0.2, 0.25) is 0 Å². The zero-order valence-electron chi connectivity index (χ0n) is 19.7. The van der Waals surface area contributed by atoms with Gasteiger partial charge in [-0.3, -0.25) is 19.2 Å². The van der Waals surface area contributed by atoms with Crippen LogP contribution in [0.25, 0.3) is 0 Å². The molecule has 3 aromatic carbocycles. The molecule has 0 aromatic heterocycles. The Morgan fingerprint density at radius 2 is 1.58 bits per heavy atom. The number of carbonyl (C=O) groups excluding carboxylic acids is 5. The Bertz CT molecular complexity index is 1440. The van der Waals surface area contributed by atoms with E-state index in [0.29, 0.717) is 5.69 Å². The molecule has 0 unspecified atom stereocenters. The van der Waals surface area contributed by atoms with Gasteiger partial charge in [-0.2, -0.15) is 8.78 Å². The lowest BCUT2D eigenvalue weighted by molar-refractivity contribution is -0.119. The summed E-state index contributed by atoms with van der Waals surface area (Å²) in [5.74, 6) is -3.57. The van der Waals surface area contributed by atoms with Crippen molar-refractivity contribution >= 4 is 46.7 Å². The van der Waals surface area contributed by atoms with Gasteiger partial charge in [0.15, 0.2) is 6.61 Å². The summed E-state index contributed by atoms with van der Waals surface area (Å²) in [6.45, 7) is -2.50. The monoisotopic (exact) mass is 523 g/mol. The van der Waals surface area contributed by atoms with Crippen molar-refractivity contribution in [3.63, 3.8) is 0 Å². The Kier molecular flexibility index (Phi) is 7.42. The maximum Gasteiger partial charge on any atom is 0.387 e. The molecule has 12 heteroatoms. The van der Waals surface area contributed by atoms with Gasteiger partial charge in [0.25, 0.3) is 17.7 Å². The number of carbonyl (C=O) groups is 5. The predicted molar refractivity (Wildman–Crippen MR) is 130 cm³/mol. The number of benzene rings is 3. The van der Waals surface area contributed by atoms with E-state index >= 15 is 0 Å². The number of halogens is 2.